The van der Waals surface area contributed by atoms with Crippen molar-refractivity contribution in [1.29, 1.82) is 0 Å². The molecule has 182 valence electrons. The zero-order chi connectivity index (χ0) is 24.2. The van der Waals surface area contributed by atoms with Crippen molar-refractivity contribution in [1.82, 2.24) is 10.3 Å². The summed E-state index contributed by atoms with van der Waals surface area (Å²) in [6.45, 7) is 12.7. The standard InChI is InChI=1S/C28H37ClN4O/c1-5-7-8-19(6-2)21-9-10-31-16-20-11-25(26(30)12-24(20)21)22-14-28(32-15-17(22)3)33-18(4)23-13-27(23)34-29/h11-12,14-15,19,21,31H,4-10,13,16,30H2,1-3H3,(H,32,33). The zero-order valence-corrected chi connectivity index (χ0v) is 21.4. The highest BCUT2D eigenvalue weighted by molar-refractivity contribution is 6.08. The lowest BCUT2D eigenvalue weighted by Crippen LogP contribution is -2.16. The van der Waals surface area contributed by atoms with Crippen LogP contribution in [0.1, 0.15) is 75.0 Å². The molecule has 1 aliphatic heterocycles. The summed E-state index contributed by atoms with van der Waals surface area (Å²) >= 11 is 5.46. The molecule has 1 aliphatic carbocycles. The number of nitrogens with one attached hydrogen (secondary N) is 2. The molecule has 0 fully saturated rings. The van der Waals surface area contributed by atoms with E-state index >= 15 is 0 Å². The predicted octanol–water partition coefficient (Wildman–Crippen LogP) is 7.19. The van der Waals surface area contributed by atoms with Crippen LogP contribution in [0.4, 0.5) is 11.5 Å². The molecule has 2 aromatic rings. The number of nitrogen functional groups attached to an aromatic ring is 1. The van der Waals surface area contributed by atoms with Crippen molar-refractivity contribution in [3.05, 3.63) is 64.7 Å². The van der Waals surface area contributed by atoms with E-state index in [1.165, 1.54) is 43.2 Å². The number of aryl methyl sites for hydroxylation is 1. The fourth-order valence-electron chi connectivity index (χ4n) is 5.27. The van der Waals surface area contributed by atoms with E-state index in [9.17, 15) is 0 Å². The van der Waals surface area contributed by atoms with Gasteiger partial charge in [0, 0.05) is 41.7 Å². The van der Waals surface area contributed by atoms with E-state index in [1.54, 1.807) is 0 Å². The average molecular weight is 481 g/mol. The molecule has 5 nitrogen and oxygen atoms in total. The van der Waals surface area contributed by atoms with Crippen LogP contribution in [0.5, 0.6) is 0 Å². The first-order chi connectivity index (χ1) is 16.5. The number of aromatic nitrogens is 1. The number of nitrogens with two attached hydrogens (primary N) is 1. The second-order valence-corrected chi connectivity index (χ2v) is 9.82. The molecule has 1 aromatic heterocycles. The topological polar surface area (TPSA) is 72.2 Å². The van der Waals surface area contributed by atoms with Crippen LogP contribution in [0.25, 0.3) is 11.1 Å². The average Bonchev–Trinajstić information content (AvgIpc) is 3.64. The largest absolute Gasteiger partial charge is 0.398 e. The molecule has 2 atom stereocenters. The highest BCUT2D eigenvalue weighted by Crippen LogP contribution is 2.42. The van der Waals surface area contributed by atoms with Gasteiger partial charge in [-0.15, -0.1) is 0 Å². The van der Waals surface area contributed by atoms with Crippen molar-refractivity contribution < 1.29 is 4.29 Å². The van der Waals surface area contributed by atoms with Crippen LogP contribution in [-0.2, 0) is 10.8 Å². The van der Waals surface area contributed by atoms with E-state index in [0.29, 0.717) is 11.8 Å². The van der Waals surface area contributed by atoms with Crippen LogP contribution >= 0.6 is 11.9 Å². The maximum Gasteiger partial charge on any atom is 0.134 e. The Bertz CT molecular complexity index is 1090. The molecule has 0 bridgehead atoms. The Morgan fingerprint density at radius 1 is 1.32 bits per heavy atom. The third-order valence-electron chi connectivity index (χ3n) is 7.36. The van der Waals surface area contributed by atoms with E-state index < -0.39 is 0 Å². The van der Waals surface area contributed by atoms with E-state index in [-0.39, 0.29) is 0 Å². The van der Waals surface area contributed by atoms with Crippen molar-refractivity contribution in [2.24, 2.45) is 5.92 Å². The quantitative estimate of drug-likeness (QED) is 0.314. The van der Waals surface area contributed by atoms with Crippen molar-refractivity contribution in [2.75, 3.05) is 17.6 Å². The van der Waals surface area contributed by atoms with Gasteiger partial charge < -0.3 is 20.7 Å². The third-order valence-corrected chi connectivity index (χ3v) is 7.55. The van der Waals surface area contributed by atoms with Gasteiger partial charge in [-0.25, -0.2) is 4.98 Å². The summed E-state index contributed by atoms with van der Waals surface area (Å²) in [6, 6.07) is 6.61. The lowest BCUT2D eigenvalue weighted by Gasteiger charge is -2.28. The second kappa shape index (κ2) is 10.8. The summed E-state index contributed by atoms with van der Waals surface area (Å²) in [6.07, 6.45) is 8.80. The number of unbranched alkanes of at least 4 members (excludes halogenated alkanes) is 1. The molecule has 0 amide bonds. The van der Waals surface area contributed by atoms with Gasteiger partial charge in [-0.1, -0.05) is 39.7 Å². The van der Waals surface area contributed by atoms with Gasteiger partial charge in [0.1, 0.15) is 23.4 Å². The first kappa shape index (κ1) is 24.6. The van der Waals surface area contributed by atoms with E-state index in [1.807, 2.05) is 6.20 Å². The van der Waals surface area contributed by atoms with Crippen LogP contribution in [0, 0.1) is 12.8 Å². The van der Waals surface area contributed by atoms with Crippen molar-refractivity contribution >= 4 is 23.4 Å². The fourth-order valence-corrected chi connectivity index (χ4v) is 5.42. The Hall–Kier alpha value is -2.50. The van der Waals surface area contributed by atoms with Gasteiger partial charge in [-0.3, -0.25) is 0 Å². The van der Waals surface area contributed by atoms with Crippen molar-refractivity contribution in [3.8, 4) is 11.1 Å². The lowest BCUT2D eigenvalue weighted by molar-refractivity contribution is 0.357. The summed E-state index contributed by atoms with van der Waals surface area (Å²) in [4.78, 5) is 4.55. The molecule has 6 heteroatoms. The summed E-state index contributed by atoms with van der Waals surface area (Å²) < 4.78 is 4.79. The van der Waals surface area contributed by atoms with Gasteiger partial charge in [-0.2, -0.15) is 0 Å². The Morgan fingerprint density at radius 3 is 2.85 bits per heavy atom. The predicted molar refractivity (Wildman–Crippen MR) is 143 cm³/mol. The Kier molecular flexibility index (Phi) is 7.84. The maximum absolute atomic E-state index is 6.73. The highest BCUT2D eigenvalue weighted by Gasteiger charge is 2.28. The molecule has 0 spiro atoms. The SMILES string of the molecule is C=C(Nc1cc(-c2cc3c(cc2N)C(C(CC)CCCC)CCNC3)c(C)cn1)C1=C(OCl)C1. The van der Waals surface area contributed by atoms with Crippen LogP contribution in [0.15, 0.2) is 48.0 Å². The van der Waals surface area contributed by atoms with Gasteiger partial charge in [-0.05, 0) is 78.6 Å². The minimum absolute atomic E-state index is 0.558. The van der Waals surface area contributed by atoms with E-state index in [2.05, 4.69) is 61.2 Å². The number of allylic oxidation sites excluding steroid dienone is 2. The van der Waals surface area contributed by atoms with Gasteiger partial charge in [0.25, 0.3) is 0 Å². The van der Waals surface area contributed by atoms with E-state index in [0.717, 1.165) is 64.7 Å². The Labute approximate surface area is 209 Å². The fraction of sp³-hybridized carbons (Fsp3) is 0.464. The minimum Gasteiger partial charge on any atom is -0.398 e. The second-order valence-electron chi connectivity index (χ2n) is 9.66. The molecule has 2 heterocycles. The smallest absolute Gasteiger partial charge is 0.134 e. The molecule has 2 unspecified atom stereocenters. The molecular formula is C28H37ClN4O. The van der Waals surface area contributed by atoms with Crippen molar-refractivity contribution in [3.63, 3.8) is 0 Å². The number of fused-ring (bicyclic) bond motifs is 1. The normalized spacial score (nSPS) is 18.2. The Balaban J connectivity index is 1.66. The first-order valence-electron chi connectivity index (χ1n) is 12.5. The number of hydrogen-bond acceptors (Lipinski definition) is 5. The molecule has 34 heavy (non-hydrogen) atoms. The summed E-state index contributed by atoms with van der Waals surface area (Å²) in [7, 11) is 0. The minimum atomic E-state index is 0.558. The maximum atomic E-state index is 6.73. The van der Waals surface area contributed by atoms with Gasteiger partial charge in [0.15, 0.2) is 0 Å². The molecule has 0 saturated heterocycles. The van der Waals surface area contributed by atoms with Crippen LogP contribution in [-0.4, -0.2) is 11.5 Å². The third kappa shape index (κ3) is 5.26. The first-order valence-corrected chi connectivity index (χ1v) is 12.8. The molecule has 0 saturated carbocycles. The van der Waals surface area contributed by atoms with Gasteiger partial charge >= 0.3 is 0 Å². The molecular weight excluding hydrogens is 444 g/mol. The number of anilines is 2. The number of hydrogen-bond donors (Lipinski definition) is 3. The molecule has 2 aliphatic rings. The molecule has 4 rings (SSSR count). The molecule has 4 N–H and O–H groups in total. The lowest BCUT2D eigenvalue weighted by atomic mass is 9.77. The van der Waals surface area contributed by atoms with Crippen molar-refractivity contribution in [2.45, 2.75) is 71.8 Å². The molecule has 1 aromatic carbocycles. The van der Waals surface area contributed by atoms with E-state index in [4.69, 9.17) is 21.9 Å². The van der Waals surface area contributed by atoms with Crippen LogP contribution < -0.4 is 16.4 Å². The summed E-state index contributed by atoms with van der Waals surface area (Å²) in [5, 5.41) is 6.93. The summed E-state index contributed by atoms with van der Waals surface area (Å²) in [5.41, 5.74) is 15.3. The van der Waals surface area contributed by atoms with Crippen LogP contribution in [0.3, 0.4) is 0 Å². The Morgan fingerprint density at radius 2 is 2.15 bits per heavy atom. The monoisotopic (exact) mass is 480 g/mol. The van der Waals surface area contributed by atoms with Crippen LogP contribution in [0.2, 0.25) is 0 Å². The number of rotatable bonds is 10. The van der Waals surface area contributed by atoms with Gasteiger partial charge in [0.05, 0.1) is 0 Å². The summed E-state index contributed by atoms with van der Waals surface area (Å²) in [5.74, 6) is 2.75. The highest BCUT2D eigenvalue weighted by atomic mass is 35.5. The number of pyridine rings is 1. The number of nitrogens with zero attached hydrogens (tertiary/aromatic N) is 1. The number of benzene rings is 1. The molecule has 0 radical (unpaired) electrons. The zero-order valence-electron chi connectivity index (χ0n) is 20.6. The van der Waals surface area contributed by atoms with Gasteiger partial charge in [0.2, 0.25) is 0 Å². The number of halogens is 1.